The average molecular weight is 334 g/mol. The Balaban J connectivity index is 2.00. The molecule has 120 valence electrons. The number of hydrogen-bond acceptors (Lipinski definition) is 5. The topological polar surface area (TPSA) is 94.3 Å². The first-order chi connectivity index (χ1) is 11.0. The molecule has 0 aliphatic carbocycles. The number of aromatic nitrogens is 1. The van der Waals surface area contributed by atoms with Crippen LogP contribution in [0.15, 0.2) is 42.6 Å². The molecule has 0 spiro atoms. The molecular weight excluding hydrogens is 318 g/mol. The number of halogens is 1. The molecule has 0 radical (unpaired) electrons. The fourth-order valence-corrected chi connectivity index (χ4v) is 1.91. The van der Waals surface area contributed by atoms with Crippen LogP contribution in [0.1, 0.15) is 23.7 Å². The van der Waals surface area contributed by atoms with Crippen LogP contribution in [0.3, 0.4) is 0 Å². The Morgan fingerprint density at radius 3 is 2.52 bits per heavy atom. The minimum Gasteiger partial charge on any atom is -0.449 e. The molecule has 0 aliphatic heterocycles. The van der Waals surface area contributed by atoms with Crippen molar-refractivity contribution >= 4 is 35.0 Å². The van der Waals surface area contributed by atoms with Crippen molar-refractivity contribution in [3.05, 3.63) is 53.2 Å². The molecule has 7 heteroatoms. The van der Waals surface area contributed by atoms with Gasteiger partial charge in [-0.2, -0.15) is 0 Å². The smallest absolute Gasteiger partial charge is 0.338 e. The van der Waals surface area contributed by atoms with Gasteiger partial charge in [-0.1, -0.05) is 18.5 Å². The highest BCUT2D eigenvalue weighted by Crippen LogP contribution is 2.13. The van der Waals surface area contributed by atoms with E-state index in [0.717, 1.165) is 0 Å². The number of anilines is 2. The van der Waals surface area contributed by atoms with E-state index in [1.165, 1.54) is 6.20 Å². The van der Waals surface area contributed by atoms with E-state index >= 15 is 0 Å². The zero-order valence-corrected chi connectivity index (χ0v) is 13.2. The third kappa shape index (κ3) is 4.69. The third-order valence-electron chi connectivity index (χ3n) is 3.04. The van der Waals surface area contributed by atoms with Crippen molar-refractivity contribution in [2.45, 2.75) is 19.4 Å². The maximum atomic E-state index is 12.2. The molecule has 1 heterocycles. The van der Waals surface area contributed by atoms with Gasteiger partial charge in [-0.05, 0) is 42.8 Å². The molecule has 0 fully saturated rings. The van der Waals surface area contributed by atoms with Crippen molar-refractivity contribution in [1.82, 2.24) is 4.98 Å². The summed E-state index contributed by atoms with van der Waals surface area (Å²) >= 11 is 5.73. The SMILES string of the molecule is CCC(OC(=O)c1ccc(N)cc1)C(=O)Nc1ccc(Cl)cn1. The molecule has 0 saturated heterocycles. The van der Waals surface area contributed by atoms with Crippen molar-refractivity contribution in [3.8, 4) is 0 Å². The number of amides is 1. The minimum atomic E-state index is -0.919. The zero-order valence-electron chi connectivity index (χ0n) is 12.5. The first-order valence-corrected chi connectivity index (χ1v) is 7.36. The second-order valence-corrected chi connectivity index (χ2v) is 5.21. The average Bonchev–Trinajstić information content (AvgIpc) is 2.55. The standard InChI is InChI=1S/C16H16ClN3O3/c1-2-13(15(21)20-14-8-5-11(17)9-19-14)23-16(22)10-3-6-12(18)7-4-10/h3-9,13H,2,18H2,1H3,(H,19,20,21). The van der Waals surface area contributed by atoms with Gasteiger partial charge >= 0.3 is 5.97 Å². The summed E-state index contributed by atoms with van der Waals surface area (Å²) in [6.45, 7) is 1.75. The summed E-state index contributed by atoms with van der Waals surface area (Å²) in [5, 5.41) is 3.04. The van der Waals surface area contributed by atoms with Crippen LogP contribution in [0, 0.1) is 0 Å². The van der Waals surface area contributed by atoms with Gasteiger partial charge in [0, 0.05) is 11.9 Å². The Morgan fingerprint density at radius 1 is 1.26 bits per heavy atom. The van der Waals surface area contributed by atoms with E-state index in [4.69, 9.17) is 22.1 Å². The number of carbonyl (C=O) groups is 2. The van der Waals surface area contributed by atoms with Crippen LogP contribution in [0.25, 0.3) is 0 Å². The van der Waals surface area contributed by atoms with Crippen molar-refractivity contribution in [2.24, 2.45) is 0 Å². The van der Waals surface area contributed by atoms with Crippen molar-refractivity contribution in [3.63, 3.8) is 0 Å². The zero-order chi connectivity index (χ0) is 16.8. The largest absolute Gasteiger partial charge is 0.449 e. The second kappa shape index (κ2) is 7.60. The monoisotopic (exact) mass is 333 g/mol. The van der Waals surface area contributed by atoms with Crippen LogP contribution >= 0.6 is 11.6 Å². The van der Waals surface area contributed by atoms with Crippen LogP contribution in [-0.2, 0) is 9.53 Å². The van der Waals surface area contributed by atoms with E-state index < -0.39 is 18.0 Å². The summed E-state index contributed by atoms with van der Waals surface area (Å²) in [4.78, 5) is 28.2. The molecule has 0 aliphatic rings. The van der Waals surface area contributed by atoms with E-state index in [0.29, 0.717) is 28.5 Å². The van der Waals surface area contributed by atoms with E-state index in [1.54, 1.807) is 43.3 Å². The predicted molar refractivity (Wildman–Crippen MR) is 88.2 cm³/mol. The number of pyridine rings is 1. The Hall–Kier alpha value is -2.60. The lowest BCUT2D eigenvalue weighted by Crippen LogP contribution is -2.32. The Bertz CT molecular complexity index is 687. The molecule has 6 nitrogen and oxygen atoms in total. The Morgan fingerprint density at radius 2 is 1.96 bits per heavy atom. The van der Waals surface area contributed by atoms with Gasteiger partial charge in [0.2, 0.25) is 0 Å². The van der Waals surface area contributed by atoms with Gasteiger partial charge in [0.25, 0.3) is 5.91 Å². The number of nitrogens with zero attached hydrogens (tertiary/aromatic N) is 1. The van der Waals surface area contributed by atoms with Gasteiger partial charge in [-0.15, -0.1) is 0 Å². The highest BCUT2D eigenvalue weighted by molar-refractivity contribution is 6.30. The van der Waals surface area contributed by atoms with Crippen molar-refractivity contribution in [2.75, 3.05) is 11.1 Å². The van der Waals surface area contributed by atoms with E-state index in [1.807, 2.05) is 0 Å². The van der Waals surface area contributed by atoms with Crippen molar-refractivity contribution < 1.29 is 14.3 Å². The predicted octanol–water partition coefficient (Wildman–Crippen LogP) is 2.89. The number of esters is 1. The second-order valence-electron chi connectivity index (χ2n) is 4.78. The van der Waals surface area contributed by atoms with Gasteiger partial charge in [-0.25, -0.2) is 9.78 Å². The third-order valence-corrected chi connectivity index (χ3v) is 3.26. The van der Waals surface area contributed by atoms with Crippen LogP contribution in [0.2, 0.25) is 5.02 Å². The lowest BCUT2D eigenvalue weighted by molar-refractivity contribution is -0.124. The number of benzene rings is 1. The van der Waals surface area contributed by atoms with Gasteiger partial charge < -0.3 is 15.8 Å². The van der Waals surface area contributed by atoms with Gasteiger partial charge in [0.15, 0.2) is 6.10 Å². The number of carbonyl (C=O) groups excluding carboxylic acids is 2. The number of rotatable bonds is 5. The Kier molecular flexibility index (Phi) is 5.54. The molecule has 1 aromatic heterocycles. The molecule has 1 amide bonds. The number of nitrogen functional groups attached to an aromatic ring is 1. The number of hydrogen-bond donors (Lipinski definition) is 2. The summed E-state index contributed by atoms with van der Waals surface area (Å²) < 4.78 is 5.24. The molecule has 0 bridgehead atoms. The minimum absolute atomic E-state index is 0.329. The molecule has 1 atom stereocenters. The quantitative estimate of drug-likeness (QED) is 0.648. The fourth-order valence-electron chi connectivity index (χ4n) is 1.80. The molecular formula is C16H16ClN3O3. The summed E-state index contributed by atoms with van der Waals surface area (Å²) in [7, 11) is 0. The lowest BCUT2D eigenvalue weighted by atomic mass is 10.2. The highest BCUT2D eigenvalue weighted by atomic mass is 35.5. The molecule has 0 saturated carbocycles. The molecule has 1 unspecified atom stereocenters. The van der Waals surface area contributed by atoms with Gasteiger partial charge in [0.1, 0.15) is 5.82 Å². The summed E-state index contributed by atoms with van der Waals surface area (Å²) in [5.41, 5.74) is 6.44. The number of ether oxygens (including phenoxy) is 1. The first-order valence-electron chi connectivity index (χ1n) is 6.98. The van der Waals surface area contributed by atoms with Gasteiger partial charge in [0.05, 0.1) is 10.6 Å². The fraction of sp³-hybridized carbons (Fsp3) is 0.188. The van der Waals surface area contributed by atoms with E-state index in [9.17, 15) is 9.59 Å². The summed E-state index contributed by atoms with van der Waals surface area (Å²) in [6.07, 6.45) is 0.830. The highest BCUT2D eigenvalue weighted by Gasteiger charge is 2.22. The molecule has 2 aromatic rings. The number of nitrogens with one attached hydrogen (secondary N) is 1. The molecule has 1 aromatic carbocycles. The van der Waals surface area contributed by atoms with Crippen LogP contribution in [-0.4, -0.2) is 23.0 Å². The van der Waals surface area contributed by atoms with Crippen LogP contribution in [0.4, 0.5) is 11.5 Å². The summed E-state index contributed by atoms with van der Waals surface area (Å²) in [5.74, 6) is -0.705. The molecule has 23 heavy (non-hydrogen) atoms. The van der Waals surface area contributed by atoms with Crippen LogP contribution < -0.4 is 11.1 Å². The normalized spacial score (nSPS) is 11.6. The lowest BCUT2D eigenvalue weighted by Gasteiger charge is -2.15. The molecule has 2 rings (SSSR count). The molecule has 3 N–H and O–H groups in total. The van der Waals surface area contributed by atoms with E-state index in [2.05, 4.69) is 10.3 Å². The maximum Gasteiger partial charge on any atom is 0.338 e. The summed E-state index contributed by atoms with van der Waals surface area (Å²) in [6, 6.07) is 9.44. The maximum absolute atomic E-state index is 12.2. The first kappa shape index (κ1) is 16.8. The van der Waals surface area contributed by atoms with E-state index in [-0.39, 0.29) is 0 Å². The van der Waals surface area contributed by atoms with Gasteiger partial charge in [-0.3, -0.25) is 4.79 Å². The van der Waals surface area contributed by atoms with Crippen molar-refractivity contribution in [1.29, 1.82) is 0 Å². The number of nitrogens with two attached hydrogens (primary N) is 1. The Labute approximate surface area is 138 Å². The van der Waals surface area contributed by atoms with Crippen LogP contribution in [0.5, 0.6) is 0 Å².